The average molecular weight is 296 g/mol. The van der Waals surface area contributed by atoms with Crippen LogP contribution in [0.5, 0.6) is 0 Å². The fourth-order valence-corrected chi connectivity index (χ4v) is 1.68. The molecule has 1 aromatic rings. The van der Waals surface area contributed by atoms with Crippen LogP contribution in [0, 0.1) is 5.92 Å². The lowest BCUT2D eigenvalue weighted by atomic mass is 10.0. The Morgan fingerprint density at radius 2 is 2.00 bits per heavy atom. The largest absolute Gasteiger partial charge is 0.458 e. The summed E-state index contributed by atoms with van der Waals surface area (Å²) in [7, 11) is 0. The maximum atomic E-state index is 12.1. The first-order chi connectivity index (χ1) is 9.69. The first-order valence-electron chi connectivity index (χ1n) is 7.05. The summed E-state index contributed by atoms with van der Waals surface area (Å²) in [5, 5.41) is 10.2. The summed E-state index contributed by atoms with van der Waals surface area (Å²) < 4.78 is 6.90. The predicted octanol–water partition coefficient (Wildman–Crippen LogP) is 1.15. The molecule has 1 heterocycles. The van der Waals surface area contributed by atoms with E-state index in [2.05, 4.69) is 15.6 Å². The van der Waals surface area contributed by atoms with E-state index in [-0.39, 0.29) is 18.2 Å². The number of carbonyl (C=O) groups is 2. The van der Waals surface area contributed by atoms with Crippen molar-refractivity contribution < 1.29 is 14.3 Å². The van der Waals surface area contributed by atoms with Crippen LogP contribution >= 0.6 is 0 Å². The number of rotatable bonds is 6. The monoisotopic (exact) mass is 296 g/mol. The number of aromatic nitrogens is 3. The molecule has 0 aliphatic heterocycles. The lowest BCUT2D eigenvalue weighted by molar-refractivity contribution is -0.160. The molecule has 0 unspecified atom stereocenters. The molecule has 7 nitrogen and oxygen atoms in total. The van der Waals surface area contributed by atoms with Crippen LogP contribution in [-0.2, 0) is 20.9 Å². The number of hydrogen-bond acceptors (Lipinski definition) is 5. The fraction of sp³-hybridized carbons (Fsp3) is 0.714. The van der Waals surface area contributed by atoms with E-state index in [1.165, 1.54) is 0 Å². The van der Waals surface area contributed by atoms with Crippen LogP contribution in [0.2, 0.25) is 0 Å². The van der Waals surface area contributed by atoms with Crippen LogP contribution in [-0.4, -0.2) is 38.5 Å². The van der Waals surface area contributed by atoms with Crippen LogP contribution in [0.25, 0.3) is 0 Å². The molecule has 0 radical (unpaired) electrons. The summed E-state index contributed by atoms with van der Waals surface area (Å²) >= 11 is 0. The third-order valence-corrected chi connectivity index (χ3v) is 2.68. The highest BCUT2D eigenvalue weighted by molar-refractivity contribution is 5.84. The van der Waals surface area contributed by atoms with E-state index >= 15 is 0 Å². The zero-order valence-electron chi connectivity index (χ0n) is 13.3. The summed E-state index contributed by atoms with van der Waals surface area (Å²) in [5.74, 6) is -0.670. The van der Waals surface area contributed by atoms with Gasteiger partial charge in [0.2, 0.25) is 5.91 Å². The first-order valence-corrected chi connectivity index (χ1v) is 7.05. The van der Waals surface area contributed by atoms with E-state index in [1.54, 1.807) is 37.8 Å². The van der Waals surface area contributed by atoms with Crippen molar-refractivity contribution in [3.63, 3.8) is 0 Å². The van der Waals surface area contributed by atoms with Gasteiger partial charge in [0, 0.05) is 12.6 Å². The summed E-state index contributed by atoms with van der Waals surface area (Å²) in [6, 6.07) is -0.646. The lowest BCUT2D eigenvalue weighted by Crippen LogP contribution is -2.47. The minimum atomic E-state index is -0.646. The molecule has 0 aliphatic rings. The van der Waals surface area contributed by atoms with E-state index in [0.717, 1.165) is 0 Å². The van der Waals surface area contributed by atoms with Gasteiger partial charge in [-0.1, -0.05) is 19.1 Å². The summed E-state index contributed by atoms with van der Waals surface area (Å²) in [5.41, 5.74) is -0.574. The van der Waals surface area contributed by atoms with Gasteiger partial charge in [0.15, 0.2) is 0 Å². The molecule has 1 N–H and O–H groups in total. The number of nitrogens with one attached hydrogen (secondary N) is 1. The van der Waals surface area contributed by atoms with Gasteiger partial charge in [-0.3, -0.25) is 9.48 Å². The Balaban J connectivity index is 2.53. The van der Waals surface area contributed by atoms with Crippen LogP contribution < -0.4 is 5.32 Å². The third-order valence-electron chi connectivity index (χ3n) is 2.68. The number of nitrogens with zero attached hydrogens (tertiary/aromatic N) is 3. The molecular formula is C14H24N4O3. The van der Waals surface area contributed by atoms with Gasteiger partial charge in [-0.25, -0.2) is 4.79 Å². The molecular weight excluding hydrogens is 272 g/mol. The second kappa shape index (κ2) is 7.19. The predicted molar refractivity (Wildman–Crippen MR) is 77.3 cm³/mol. The summed E-state index contributed by atoms with van der Waals surface area (Å²) in [6.45, 7) is 9.56. The number of amides is 1. The van der Waals surface area contributed by atoms with Crippen molar-refractivity contribution in [2.75, 3.05) is 0 Å². The zero-order chi connectivity index (χ0) is 16.0. The quantitative estimate of drug-likeness (QED) is 0.796. The molecule has 0 aromatic carbocycles. The Labute approximate surface area is 125 Å². The highest BCUT2D eigenvalue weighted by Crippen LogP contribution is 2.12. The molecule has 1 rings (SSSR count). The van der Waals surface area contributed by atoms with Crippen LogP contribution in [0.15, 0.2) is 12.4 Å². The second-order valence-electron chi connectivity index (χ2n) is 6.24. The maximum absolute atomic E-state index is 12.1. The van der Waals surface area contributed by atoms with Crippen molar-refractivity contribution in [1.29, 1.82) is 0 Å². The first kappa shape index (κ1) is 17.1. The topological polar surface area (TPSA) is 86.1 Å². The maximum Gasteiger partial charge on any atom is 0.329 e. The van der Waals surface area contributed by atoms with Gasteiger partial charge in [0.25, 0.3) is 0 Å². The zero-order valence-corrected chi connectivity index (χ0v) is 13.3. The minimum Gasteiger partial charge on any atom is -0.458 e. The Morgan fingerprint density at radius 3 is 2.48 bits per heavy atom. The highest BCUT2D eigenvalue weighted by atomic mass is 16.6. The number of esters is 1. The molecule has 118 valence electrons. The van der Waals surface area contributed by atoms with Gasteiger partial charge in [0.05, 0.1) is 12.7 Å². The Hall–Kier alpha value is -1.92. The highest BCUT2D eigenvalue weighted by Gasteiger charge is 2.28. The van der Waals surface area contributed by atoms with Crippen LogP contribution in [0.3, 0.4) is 0 Å². The van der Waals surface area contributed by atoms with E-state index < -0.39 is 17.6 Å². The SMILES string of the molecule is CC(C)[C@H](NC(=O)CCn1ccnn1)C(=O)OC(C)(C)C. The molecule has 0 fully saturated rings. The average Bonchev–Trinajstić information content (AvgIpc) is 2.83. The molecule has 0 aliphatic carbocycles. The van der Waals surface area contributed by atoms with Crippen molar-refractivity contribution in [1.82, 2.24) is 20.3 Å². The van der Waals surface area contributed by atoms with Crippen molar-refractivity contribution in [3.05, 3.63) is 12.4 Å². The molecule has 0 saturated carbocycles. The van der Waals surface area contributed by atoms with E-state index in [0.29, 0.717) is 6.54 Å². The van der Waals surface area contributed by atoms with Crippen molar-refractivity contribution in [2.24, 2.45) is 5.92 Å². The smallest absolute Gasteiger partial charge is 0.329 e. The van der Waals surface area contributed by atoms with Crippen LogP contribution in [0.4, 0.5) is 0 Å². The number of hydrogen-bond donors (Lipinski definition) is 1. The summed E-state index contributed by atoms with van der Waals surface area (Å²) in [6.07, 6.45) is 3.46. The summed E-state index contributed by atoms with van der Waals surface area (Å²) in [4.78, 5) is 24.0. The molecule has 1 atom stereocenters. The van der Waals surface area contributed by atoms with Crippen molar-refractivity contribution in [3.8, 4) is 0 Å². The Kier molecular flexibility index (Phi) is 5.87. The lowest BCUT2D eigenvalue weighted by Gasteiger charge is -2.26. The molecule has 0 spiro atoms. The molecule has 1 amide bonds. The Bertz CT molecular complexity index is 463. The molecule has 0 bridgehead atoms. The number of aryl methyl sites for hydroxylation is 1. The van der Waals surface area contributed by atoms with E-state index in [9.17, 15) is 9.59 Å². The standard InChI is InChI=1S/C14H24N4O3/c1-10(2)12(13(20)21-14(3,4)5)16-11(19)6-8-18-9-7-15-17-18/h7,9-10,12H,6,8H2,1-5H3,(H,16,19)/t12-/m0/s1. The molecule has 0 saturated heterocycles. The van der Waals surface area contributed by atoms with Gasteiger partial charge in [-0.15, -0.1) is 5.10 Å². The van der Waals surface area contributed by atoms with E-state index in [1.807, 2.05) is 13.8 Å². The van der Waals surface area contributed by atoms with Crippen LogP contribution in [0.1, 0.15) is 41.0 Å². The van der Waals surface area contributed by atoms with E-state index in [4.69, 9.17) is 4.74 Å². The fourth-order valence-electron chi connectivity index (χ4n) is 1.68. The second-order valence-corrected chi connectivity index (χ2v) is 6.24. The van der Waals surface area contributed by atoms with Gasteiger partial charge < -0.3 is 10.1 Å². The third kappa shape index (κ3) is 6.37. The Morgan fingerprint density at radius 1 is 1.33 bits per heavy atom. The molecule has 1 aromatic heterocycles. The number of carbonyl (C=O) groups excluding carboxylic acids is 2. The van der Waals surface area contributed by atoms with Crippen molar-refractivity contribution in [2.45, 2.75) is 59.2 Å². The van der Waals surface area contributed by atoms with Gasteiger partial charge in [-0.05, 0) is 26.7 Å². The van der Waals surface area contributed by atoms with Crippen molar-refractivity contribution >= 4 is 11.9 Å². The minimum absolute atomic E-state index is 0.0461. The van der Waals surface area contributed by atoms with Gasteiger partial charge in [-0.2, -0.15) is 0 Å². The molecule has 7 heteroatoms. The number of ether oxygens (including phenoxy) is 1. The van der Waals surface area contributed by atoms with Gasteiger partial charge >= 0.3 is 5.97 Å². The molecule has 21 heavy (non-hydrogen) atoms. The normalized spacial score (nSPS) is 13.0. The van der Waals surface area contributed by atoms with Gasteiger partial charge in [0.1, 0.15) is 11.6 Å².